The zero-order chi connectivity index (χ0) is 36.5. The Balaban J connectivity index is 1.24. The Morgan fingerprint density at radius 1 is 0.250 bits per heavy atom. The van der Waals surface area contributed by atoms with Crippen molar-refractivity contribution in [3.05, 3.63) is 121 Å². The molecule has 8 bridgehead atoms. The minimum Gasteiger partial charge on any atom is -0.352 e. The molecule has 0 radical (unpaired) electrons. The number of nitrogens with one attached hydrogen (secondary N) is 2. The topological polar surface area (TPSA) is 160 Å². The Kier molecular flexibility index (Phi) is 5.63. The molecule has 2 aliphatic heterocycles. The third-order valence-corrected chi connectivity index (χ3v) is 10.4. The van der Waals surface area contributed by atoms with Gasteiger partial charge in [-0.1, -0.05) is 48.5 Å². The summed E-state index contributed by atoms with van der Waals surface area (Å²) in [4.78, 5) is 58.6. The van der Waals surface area contributed by atoms with Gasteiger partial charge in [0.15, 0.2) is 0 Å². The fourth-order valence-electron chi connectivity index (χ4n) is 7.83. The van der Waals surface area contributed by atoms with E-state index in [0.717, 1.165) is 66.2 Å². The summed E-state index contributed by atoms with van der Waals surface area (Å²) >= 11 is 0. The number of hydrogen-bond acceptors (Lipinski definition) is 10. The third kappa shape index (κ3) is 4.23. The van der Waals surface area contributed by atoms with Crippen molar-refractivity contribution in [2.75, 3.05) is 0 Å². The van der Waals surface area contributed by atoms with E-state index in [-0.39, 0.29) is 0 Å². The van der Waals surface area contributed by atoms with Crippen molar-refractivity contribution >= 4 is 88.3 Å². The monoisotopic (exact) mass is 718 g/mol. The van der Waals surface area contributed by atoms with Crippen molar-refractivity contribution in [2.24, 2.45) is 0 Å². The number of benzene rings is 4. The van der Waals surface area contributed by atoms with Gasteiger partial charge in [0.25, 0.3) is 0 Å². The summed E-state index contributed by atoms with van der Waals surface area (Å²) in [6.07, 6.45) is 0. The summed E-state index contributed by atoms with van der Waals surface area (Å²) in [6, 6.07) is 39.3. The molecule has 2 N–H and O–H groups in total. The zero-order valence-electron chi connectivity index (χ0n) is 29.0. The number of para-hydroxylation sites is 8. The van der Waals surface area contributed by atoms with Gasteiger partial charge in [0.1, 0.15) is 44.8 Å². The van der Waals surface area contributed by atoms with Gasteiger partial charge in [-0.05, 0) is 72.8 Å². The second-order valence-corrected chi connectivity index (χ2v) is 13.9. The van der Waals surface area contributed by atoms with Crippen LogP contribution in [0.4, 0.5) is 0 Å². The molecule has 0 aliphatic carbocycles. The molecule has 11 aromatic rings. The van der Waals surface area contributed by atoms with E-state index < -0.39 is 0 Å². The van der Waals surface area contributed by atoms with Crippen LogP contribution in [0, 0.1) is 0 Å². The molecule has 0 fully saturated rings. The number of H-pyrrole nitrogens is 2. The van der Waals surface area contributed by atoms with E-state index in [4.69, 9.17) is 49.8 Å². The van der Waals surface area contributed by atoms with Crippen LogP contribution in [0.2, 0.25) is 0 Å². The van der Waals surface area contributed by atoms with Crippen molar-refractivity contribution < 1.29 is 0 Å². The highest BCUT2D eigenvalue weighted by Crippen LogP contribution is 2.39. The van der Waals surface area contributed by atoms with E-state index in [0.29, 0.717) is 67.6 Å². The number of hydrogen-bond donors (Lipinski definition) is 2. The van der Waals surface area contributed by atoms with E-state index in [1.807, 2.05) is 121 Å². The van der Waals surface area contributed by atoms with Crippen LogP contribution in [-0.4, -0.2) is 59.8 Å². The van der Waals surface area contributed by atoms with Gasteiger partial charge < -0.3 is 9.97 Å². The van der Waals surface area contributed by atoms with Crippen LogP contribution in [0.15, 0.2) is 121 Å². The molecule has 0 unspecified atom stereocenters. The normalized spacial score (nSPS) is 12.3. The Morgan fingerprint density at radius 3 is 0.696 bits per heavy atom. The van der Waals surface area contributed by atoms with Gasteiger partial charge >= 0.3 is 0 Å². The smallest absolute Gasteiger partial charge is 0.117 e. The highest BCUT2D eigenvalue weighted by atomic mass is 15.0. The van der Waals surface area contributed by atoms with E-state index in [1.165, 1.54) is 0 Å². The Morgan fingerprint density at radius 2 is 0.464 bits per heavy atom. The lowest BCUT2D eigenvalue weighted by Crippen LogP contribution is -1.90. The first-order valence-corrected chi connectivity index (χ1v) is 18.1. The molecular weight excluding hydrogens is 697 g/mol. The Labute approximate surface area is 314 Å². The molecule has 0 spiro atoms. The average molecular weight is 719 g/mol. The molecule has 56 heavy (non-hydrogen) atoms. The van der Waals surface area contributed by atoms with Crippen LogP contribution in [-0.2, 0) is 0 Å². The molecule has 13 rings (SSSR count). The number of nitrogens with zero attached hydrogens (tertiary/aromatic N) is 10. The minimum atomic E-state index is 0.636. The predicted octanol–water partition coefficient (Wildman–Crippen LogP) is 9.06. The summed E-state index contributed by atoms with van der Waals surface area (Å²) < 4.78 is 0. The maximum Gasteiger partial charge on any atom is 0.117 e. The lowest BCUT2D eigenvalue weighted by atomic mass is 10.2. The van der Waals surface area contributed by atoms with Gasteiger partial charge in [-0.2, -0.15) is 0 Å². The quantitative estimate of drug-likeness (QED) is 0.155. The molecule has 0 saturated carbocycles. The van der Waals surface area contributed by atoms with Crippen LogP contribution in [0.5, 0.6) is 0 Å². The van der Waals surface area contributed by atoms with Crippen molar-refractivity contribution in [2.45, 2.75) is 0 Å². The van der Waals surface area contributed by atoms with E-state index >= 15 is 0 Å². The number of rotatable bonds is 0. The second kappa shape index (κ2) is 10.7. The standard InChI is InChI=1S/C44H22N12/c1-2-10-22-21(9-1)49-37-29-17-31-39-41(53-24-12-4-3-11-23(24)51-39)33(46-31)19-35-43-44(56-28-16-8-7-15-27(28)55-43)36(48-35)20-34-42-40(52-25-13-5-6-14-26(25)54-42)32(47-34)18-30(45-29)38(37)50-22/h1-20,45,48H. The molecule has 4 aromatic carbocycles. The van der Waals surface area contributed by atoms with Gasteiger partial charge in [-0.3, -0.25) is 0 Å². The second-order valence-electron chi connectivity index (χ2n) is 13.9. The molecule has 2 aliphatic rings. The summed E-state index contributed by atoms with van der Waals surface area (Å²) in [6.45, 7) is 0. The number of aromatic amines is 2. The Bertz CT molecular complexity index is 3260. The van der Waals surface area contributed by atoms with Crippen molar-refractivity contribution in [3.8, 4) is 45.6 Å². The largest absolute Gasteiger partial charge is 0.352 e. The highest BCUT2D eigenvalue weighted by molar-refractivity contribution is 6.08. The van der Waals surface area contributed by atoms with Crippen molar-refractivity contribution in [1.82, 2.24) is 59.8 Å². The van der Waals surface area contributed by atoms with Gasteiger partial charge in [0, 0.05) is 0 Å². The van der Waals surface area contributed by atoms with Crippen LogP contribution in [0.1, 0.15) is 0 Å². The predicted molar refractivity (Wildman–Crippen MR) is 217 cm³/mol. The minimum absolute atomic E-state index is 0.636. The third-order valence-electron chi connectivity index (χ3n) is 10.4. The molecule has 7 aromatic heterocycles. The van der Waals surface area contributed by atoms with Crippen molar-refractivity contribution in [3.63, 3.8) is 0 Å². The van der Waals surface area contributed by atoms with E-state index in [2.05, 4.69) is 9.97 Å². The summed E-state index contributed by atoms with van der Waals surface area (Å²) in [7, 11) is 0. The fourth-order valence-corrected chi connectivity index (χ4v) is 7.83. The fraction of sp³-hybridized carbons (Fsp3) is 0. The molecule has 12 heteroatoms. The van der Waals surface area contributed by atoms with E-state index in [1.54, 1.807) is 0 Å². The Hall–Kier alpha value is -8.12. The molecular formula is C44H22N12. The van der Waals surface area contributed by atoms with Crippen LogP contribution < -0.4 is 0 Å². The number of fused-ring (bicyclic) bond motifs is 24. The van der Waals surface area contributed by atoms with Gasteiger partial charge in [-0.15, -0.1) is 0 Å². The molecule has 0 saturated heterocycles. The maximum absolute atomic E-state index is 5.21. The molecule has 0 atom stereocenters. The first-order chi connectivity index (χ1) is 27.7. The molecule has 9 heterocycles. The van der Waals surface area contributed by atoms with E-state index in [9.17, 15) is 0 Å². The maximum atomic E-state index is 5.21. The zero-order valence-corrected chi connectivity index (χ0v) is 29.0. The number of aromatic nitrogens is 12. The van der Waals surface area contributed by atoms with Gasteiger partial charge in [-0.25, -0.2) is 49.8 Å². The van der Waals surface area contributed by atoms with Crippen molar-refractivity contribution in [1.29, 1.82) is 0 Å². The van der Waals surface area contributed by atoms with Gasteiger partial charge in [0.2, 0.25) is 0 Å². The average Bonchev–Trinajstić information content (AvgIpc) is 3.95. The SMILES string of the molecule is c1ccc2nc3c(nc2c1)-c1cc2[nH]c(cc4nc(cc5[nH]c(cc-3n1)c1nc3ccccc3nc51)-c1nc3ccccc3nc1-4)c1nc3ccccc3nc21. The van der Waals surface area contributed by atoms with Crippen LogP contribution in [0.3, 0.4) is 0 Å². The lowest BCUT2D eigenvalue weighted by molar-refractivity contribution is 1.32. The molecule has 12 nitrogen and oxygen atoms in total. The summed E-state index contributed by atoms with van der Waals surface area (Å²) in [5.41, 5.74) is 17.0. The van der Waals surface area contributed by atoms with Crippen LogP contribution in [0.25, 0.3) is 134 Å². The summed E-state index contributed by atoms with van der Waals surface area (Å²) in [5, 5.41) is 0. The van der Waals surface area contributed by atoms with Crippen LogP contribution >= 0.6 is 0 Å². The highest BCUT2D eigenvalue weighted by Gasteiger charge is 2.25. The van der Waals surface area contributed by atoms with Gasteiger partial charge in [0.05, 0.1) is 89.0 Å². The first-order valence-electron chi connectivity index (χ1n) is 18.1. The summed E-state index contributed by atoms with van der Waals surface area (Å²) in [5.74, 6) is 0. The lowest BCUT2D eigenvalue weighted by Gasteiger charge is -2.02. The molecule has 0 amide bonds. The molecule has 258 valence electrons. The first kappa shape index (κ1) is 29.3.